The van der Waals surface area contributed by atoms with Crippen molar-refractivity contribution in [3.05, 3.63) is 78.4 Å². The third-order valence-electron chi connectivity index (χ3n) is 3.85. The second-order valence-corrected chi connectivity index (χ2v) is 6.99. The summed E-state index contributed by atoms with van der Waals surface area (Å²) >= 11 is 1.71. The molecule has 4 nitrogen and oxygen atoms in total. The van der Waals surface area contributed by atoms with E-state index in [0.717, 1.165) is 17.0 Å². The largest absolute Gasteiger partial charge is 0.352 e. The Hall–Kier alpha value is -2.53. The van der Waals surface area contributed by atoms with Crippen molar-refractivity contribution < 1.29 is 4.79 Å². The number of thioether (sulfide) groups is 1. The minimum atomic E-state index is 0.0818. The van der Waals surface area contributed by atoms with E-state index in [9.17, 15) is 4.79 Å². The Morgan fingerprint density at radius 1 is 1.12 bits per heavy atom. The quantitative estimate of drug-likeness (QED) is 0.655. The monoisotopic (exact) mass is 351 g/mol. The number of hydrogen-bond donors (Lipinski definition) is 1. The normalized spacial score (nSPS) is 10.6. The Labute approximate surface area is 152 Å². The molecule has 1 aromatic heterocycles. The van der Waals surface area contributed by atoms with E-state index in [1.807, 2.05) is 35.0 Å². The Morgan fingerprint density at radius 3 is 2.56 bits per heavy atom. The minimum absolute atomic E-state index is 0.0818. The van der Waals surface area contributed by atoms with Crippen molar-refractivity contribution in [1.29, 1.82) is 0 Å². The van der Waals surface area contributed by atoms with Crippen LogP contribution in [-0.2, 0) is 11.3 Å². The molecule has 0 saturated carbocycles. The molecule has 5 heteroatoms. The van der Waals surface area contributed by atoms with Crippen LogP contribution in [0.2, 0.25) is 0 Å². The molecule has 0 bridgehead atoms. The van der Waals surface area contributed by atoms with Crippen molar-refractivity contribution in [2.24, 2.45) is 0 Å². The molecule has 3 aromatic rings. The van der Waals surface area contributed by atoms with Crippen molar-refractivity contribution in [3.63, 3.8) is 0 Å². The molecular weight excluding hydrogens is 330 g/mol. The Bertz CT molecular complexity index is 796. The summed E-state index contributed by atoms with van der Waals surface area (Å²) in [4.78, 5) is 17.2. The second kappa shape index (κ2) is 8.53. The van der Waals surface area contributed by atoms with Gasteiger partial charge in [-0.15, -0.1) is 11.8 Å². The van der Waals surface area contributed by atoms with E-state index in [4.69, 9.17) is 0 Å². The zero-order valence-electron chi connectivity index (χ0n) is 14.2. The van der Waals surface area contributed by atoms with Crippen LogP contribution in [0.1, 0.15) is 17.5 Å². The van der Waals surface area contributed by atoms with Crippen LogP contribution in [0.5, 0.6) is 0 Å². The van der Waals surface area contributed by atoms with Gasteiger partial charge in [-0.05, 0) is 36.8 Å². The van der Waals surface area contributed by atoms with Crippen molar-refractivity contribution in [1.82, 2.24) is 14.9 Å². The zero-order valence-corrected chi connectivity index (χ0v) is 15.0. The molecule has 1 N–H and O–H groups in total. The molecule has 0 spiro atoms. The van der Waals surface area contributed by atoms with Gasteiger partial charge in [0.15, 0.2) is 0 Å². The fourth-order valence-electron chi connectivity index (χ4n) is 2.38. The lowest BCUT2D eigenvalue weighted by atomic mass is 10.2. The van der Waals surface area contributed by atoms with Gasteiger partial charge in [0, 0.05) is 41.7 Å². The predicted octanol–water partition coefficient (Wildman–Crippen LogP) is 3.98. The molecule has 0 unspecified atom stereocenters. The van der Waals surface area contributed by atoms with Gasteiger partial charge in [-0.25, -0.2) is 4.98 Å². The average molecular weight is 351 g/mol. The molecule has 3 rings (SSSR count). The van der Waals surface area contributed by atoms with Crippen molar-refractivity contribution in [2.75, 3.05) is 5.75 Å². The molecule has 0 aliphatic carbocycles. The van der Waals surface area contributed by atoms with E-state index in [0.29, 0.717) is 13.0 Å². The van der Waals surface area contributed by atoms with Crippen LogP contribution >= 0.6 is 11.8 Å². The zero-order chi connectivity index (χ0) is 17.5. The molecule has 0 atom stereocenters. The lowest BCUT2D eigenvalue weighted by Gasteiger charge is -2.07. The number of amides is 1. The summed E-state index contributed by atoms with van der Waals surface area (Å²) in [6, 6.07) is 16.5. The first-order valence-corrected chi connectivity index (χ1v) is 9.23. The molecule has 0 aliphatic rings. The molecule has 1 heterocycles. The molecule has 128 valence electrons. The summed E-state index contributed by atoms with van der Waals surface area (Å²) in [6.07, 6.45) is 5.94. The van der Waals surface area contributed by atoms with Gasteiger partial charge in [-0.1, -0.05) is 29.8 Å². The maximum Gasteiger partial charge on any atom is 0.221 e. The number of nitrogens with one attached hydrogen (secondary N) is 1. The van der Waals surface area contributed by atoms with Gasteiger partial charge in [-0.3, -0.25) is 4.79 Å². The Balaban J connectivity index is 1.40. The highest BCUT2D eigenvalue weighted by atomic mass is 32.2. The van der Waals surface area contributed by atoms with E-state index >= 15 is 0 Å². The van der Waals surface area contributed by atoms with Gasteiger partial charge in [-0.2, -0.15) is 0 Å². The average Bonchev–Trinajstić information content (AvgIpc) is 3.17. The van der Waals surface area contributed by atoms with Crippen LogP contribution in [0.3, 0.4) is 0 Å². The number of aromatic nitrogens is 2. The SMILES string of the molecule is Cc1ccc(SCCC(=O)NCc2ccc(-n3ccnc3)cc2)cc1. The summed E-state index contributed by atoms with van der Waals surface area (Å²) in [5.41, 5.74) is 3.40. The third kappa shape index (κ3) is 5.22. The van der Waals surface area contributed by atoms with E-state index in [2.05, 4.69) is 41.5 Å². The van der Waals surface area contributed by atoms with Crippen molar-refractivity contribution in [2.45, 2.75) is 24.8 Å². The lowest BCUT2D eigenvalue weighted by Crippen LogP contribution is -2.22. The predicted molar refractivity (Wildman–Crippen MR) is 102 cm³/mol. The van der Waals surface area contributed by atoms with Gasteiger partial charge in [0.05, 0.1) is 6.33 Å². The van der Waals surface area contributed by atoms with Crippen LogP contribution < -0.4 is 5.32 Å². The first-order valence-electron chi connectivity index (χ1n) is 8.24. The van der Waals surface area contributed by atoms with Gasteiger partial charge in [0.2, 0.25) is 5.91 Å². The van der Waals surface area contributed by atoms with Gasteiger partial charge in [0.1, 0.15) is 0 Å². The topological polar surface area (TPSA) is 46.9 Å². The molecule has 1 amide bonds. The fraction of sp³-hybridized carbons (Fsp3) is 0.200. The number of carbonyl (C=O) groups excluding carboxylic acids is 1. The van der Waals surface area contributed by atoms with Gasteiger partial charge >= 0.3 is 0 Å². The molecular formula is C20H21N3OS. The van der Waals surface area contributed by atoms with Crippen LogP contribution in [0.25, 0.3) is 5.69 Å². The van der Waals surface area contributed by atoms with Crippen LogP contribution in [0.4, 0.5) is 0 Å². The summed E-state index contributed by atoms with van der Waals surface area (Å²) in [6.45, 7) is 2.63. The number of rotatable bonds is 7. The lowest BCUT2D eigenvalue weighted by molar-refractivity contribution is -0.120. The number of aryl methyl sites for hydroxylation is 1. The summed E-state index contributed by atoms with van der Waals surface area (Å²) in [7, 11) is 0. The van der Waals surface area contributed by atoms with E-state index < -0.39 is 0 Å². The highest BCUT2D eigenvalue weighted by Crippen LogP contribution is 2.19. The number of carbonyl (C=O) groups is 1. The van der Waals surface area contributed by atoms with Crippen molar-refractivity contribution >= 4 is 17.7 Å². The number of nitrogens with zero attached hydrogens (tertiary/aromatic N) is 2. The maximum atomic E-state index is 12.0. The first kappa shape index (κ1) is 17.3. The molecule has 25 heavy (non-hydrogen) atoms. The minimum Gasteiger partial charge on any atom is -0.352 e. The highest BCUT2D eigenvalue weighted by molar-refractivity contribution is 7.99. The van der Waals surface area contributed by atoms with Gasteiger partial charge < -0.3 is 9.88 Å². The van der Waals surface area contributed by atoms with Crippen LogP contribution in [0, 0.1) is 6.92 Å². The molecule has 0 fully saturated rings. The summed E-state index contributed by atoms with van der Waals surface area (Å²) in [5.74, 6) is 0.868. The Kier molecular flexibility index (Phi) is 5.90. The van der Waals surface area contributed by atoms with Crippen LogP contribution in [-0.4, -0.2) is 21.2 Å². The maximum absolute atomic E-state index is 12.0. The van der Waals surface area contributed by atoms with Gasteiger partial charge in [0.25, 0.3) is 0 Å². The van der Waals surface area contributed by atoms with Crippen molar-refractivity contribution in [3.8, 4) is 5.69 Å². The second-order valence-electron chi connectivity index (χ2n) is 5.82. The molecule has 2 aromatic carbocycles. The molecule has 0 aliphatic heterocycles. The standard InChI is InChI=1S/C20H21N3OS/c1-16-2-8-19(9-3-16)25-13-10-20(24)22-14-17-4-6-18(7-5-17)23-12-11-21-15-23/h2-9,11-12,15H,10,13-14H2,1H3,(H,22,24). The number of benzene rings is 2. The van der Waals surface area contributed by atoms with E-state index in [-0.39, 0.29) is 5.91 Å². The Morgan fingerprint density at radius 2 is 1.88 bits per heavy atom. The smallest absolute Gasteiger partial charge is 0.221 e. The summed E-state index contributed by atoms with van der Waals surface area (Å²) < 4.78 is 1.95. The van der Waals surface area contributed by atoms with E-state index in [1.54, 1.807) is 24.3 Å². The highest BCUT2D eigenvalue weighted by Gasteiger charge is 2.03. The first-order chi connectivity index (χ1) is 12.2. The summed E-state index contributed by atoms with van der Waals surface area (Å²) in [5, 5.41) is 2.98. The fourth-order valence-corrected chi connectivity index (χ4v) is 3.23. The molecule has 0 saturated heterocycles. The molecule has 0 radical (unpaired) electrons. The van der Waals surface area contributed by atoms with E-state index in [1.165, 1.54) is 10.5 Å². The number of hydrogen-bond acceptors (Lipinski definition) is 3. The third-order valence-corrected chi connectivity index (χ3v) is 4.86. The van der Waals surface area contributed by atoms with Crippen LogP contribution in [0.15, 0.2) is 72.1 Å². The number of imidazole rings is 1.